The minimum Gasteiger partial charge on any atom is -0.368 e. The molecule has 20 heavy (non-hydrogen) atoms. The Morgan fingerprint density at radius 3 is 2.75 bits per heavy atom. The molecule has 2 rings (SSSR count). The van der Waals surface area contributed by atoms with Crippen molar-refractivity contribution in [2.24, 2.45) is 5.73 Å². The summed E-state index contributed by atoms with van der Waals surface area (Å²) in [6, 6.07) is 3.99. The summed E-state index contributed by atoms with van der Waals surface area (Å²) < 4.78 is 27.7. The van der Waals surface area contributed by atoms with E-state index in [2.05, 4.69) is 37.2 Å². The largest absolute Gasteiger partial charge is 0.368 e. The molecule has 1 fully saturated rings. The molecule has 110 valence electrons. The van der Waals surface area contributed by atoms with Gasteiger partial charge in [-0.15, -0.1) is 0 Å². The number of piperazine rings is 1. The molecule has 0 saturated carbocycles. The van der Waals surface area contributed by atoms with Gasteiger partial charge in [0, 0.05) is 28.6 Å². The molecule has 0 radical (unpaired) electrons. The summed E-state index contributed by atoms with van der Waals surface area (Å²) in [5.41, 5.74) is 5.29. The Morgan fingerprint density at radius 2 is 2.10 bits per heavy atom. The number of sulfonamides is 1. The zero-order valence-electron chi connectivity index (χ0n) is 10.3. The molecule has 1 aromatic carbocycles. The fourth-order valence-electron chi connectivity index (χ4n) is 2.02. The third-order valence-electron chi connectivity index (χ3n) is 3.00. The van der Waals surface area contributed by atoms with Gasteiger partial charge in [0.1, 0.15) is 6.04 Å². The highest BCUT2D eigenvalue weighted by Crippen LogP contribution is 2.29. The van der Waals surface area contributed by atoms with E-state index in [1.165, 1.54) is 6.07 Å². The molecular formula is C11H13Br2N3O3S. The van der Waals surface area contributed by atoms with Crippen molar-refractivity contribution in [1.29, 1.82) is 0 Å². The van der Waals surface area contributed by atoms with Crippen LogP contribution in [0.4, 0.5) is 0 Å². The first-order valence-electron chi connectivity index (χ1n) is 5.81. The van der Waals surface area contributed by atoms with Gasteiger partial charge < -0.3 is 11.1 Å². The molecule has 1 heterocycles. The fourth-order valence-corrected chi connectivity index (χ4v) is 5.08. The van der Waals surface area contributed by atoms with Crippen LogP contribution in [0.5, 0.6) is 0 Å². The number of nitrogens with two attached hydrogens (primary N) is 1. The van der Waals surface area contributed by atoms with Crippen LogP contribution in [0.1, 0.15) is 0 Å². The standard InChI is InChI=1S/C11H13Br2N3O3S/c12-7-1-2-8(13)10(5-7)20(18,19)16-4-3-15-6-9(16)11(14)17/h1-2,5,9,15H,3-4,6H2,(H2,14,17). The molecule has 1 unspecified atom stereocenters. The Kier molecular flexibility index (Phi) is 4.85. The topological polar surface area (TPSA) is 92.5 Å². The number of nitrogens with zero attached hydrogens (tertiary/aromatic N) is 1. The van der Waals surface area contributed by atoms with Crippen molar-refractivity contribution in [1.82, 2.24) is 9.62 Å². The minimum atomic E-state index is -3.79. The van der Waals surface area contributed by atoms with Gasteiger partial charge in [-0.05, 0) is 34.1 Å². The van der Waals surface area contributed by atoms with Gasteiger partial charge in [-0.2, -0.15) is 4.31 Å². The zero-order valence-corrected chi connectivity index (χ0v) is 14.3. The van der Waals surface area contributed by atoms with E-state index in [1.807, 2.05) is 0 Å². The van der Waals surface area contributed by atoms with Crippen molar-refractivity contribution in [2.45, 2.75) is 10.9 Å². The SMILES string of the molecule is NC(=O)C1CNCCN1S(=O)(=O)c1cc(Br)ccc1Br. The number of primary amides is 1. The van der Waals surface area contributed by atoms with E-state index in [1.54, 1.807) is 12.1 Å². The second kappa shape index (κ2) is 6.10. The number of nitrogens with one attached hydrogen (secondary N) is 1. The summed E-state index contributed by atoms with van der Waals surface area (Å²) >= 11 is 6.48. The smallest absolute Gasteiger partial charge is 0.245 e. The van der Waals surface area contributed by atoms with Crippen molar-refractivity contribution in [3.05, 3.63) is 27.1 Å². The van der Waals surface area contributed by atoms with E-state index in [0.717, 1.165) is 4.31 Å². The second-order valence-electron chi connectivity index (χ2n) is 4.31. The number of carbonyl (C=O) groups is 1. The molecule has 1 saturated heterocycles. The summed E-state index contributed by atoms with van der Waals surface area (Å²) in [6.07, 6.45) is 0. The summed E-state index contributed by atoms with van der Waals surface area (Å²) in [6.45, 7) is 0.906. The van der Waals surface area contributed by atoms with Crippen molar-refractivity contribution in [2.75, 3.05) is 19.6 Å². The Hall–Kier alpha value is -0.480. The Morgan fingerprint density at radius 1 is 1.40 bits per heavy atom. The number of carbonyl (C=O) groups excluding carboxylic acids is 1. The molecule has 0 spiro atoms. The maximum atomic E-state index is 12.7. The van der Waals surface area contributed by atoms with E-state index in [9.17, 15) is 13.2 Å². The van der Waals surface area contributed by atoms with Crippen molar-refractivity contribution in [3.8, 4) is 0 Å². The Balaban J connectivity index is 2.47. The van der Waals surface area contributed by atoms with Gasteiger partial charge in [-0.3, -0.25) is 4.79 Å². The first-order valence-corrected chi connectivity index (χ1v) is 8.83. The van der Waals surface area contributed by atoms with Gasteiger partial charge in [0.2, 0.25) is 15.9 Å². The van der Waals surface area contributed by atoms with Crippen LogP contribution in [-0.4, -0.2) is 44.3 Å². The van der Waals surface area contributed by atoms with Crippen LogP contribution in [-0.2, 0) is 14.8 Å². The van der Waals surface area contributed by atoms with Crippen molar-refractivity contribution >= 4 is 47.8 Å². The molecule has 0 aliphatic carbocycles. The molecule has 0 aromatic heterocycles. The van der Waals surface area contributed by atoms with Gasteiger partial charge in [0.05, 0.1) is 4.90 Å². The summed E-state index contributed by atoms with van der Waals surface area (Å²) in [5.74, 6) is -0.660. The van der Waals surface area contributed by atoms with E-state index in [4.69, 9.17) is 5.73 Å². The van der Waals surface area contributed by atoms with Gasteiger partial charge in [0.25, 0.3) is 0 Å². The van der Waals surface area contributed by atoms with Crippen LogP contribution in [0, 0.1) is 0 Å². The normalized spacial score (nSPS) is 20.8. The van der Waals surface area contributed by atoms with Crippen molar-refractivity contribution < 1.29 is 13.2 Å². The number of halogens is 2. The summed E-state index contributed by atoms with van der Waals surface area (Å²) in [5, 5.41) is 2.97. The van der Waals surface area contributed by atoms with Gasteiger partial charge >= 0.3 is 0 Å². The quantitative estimate of drug-likeness (QED) is 0.742. The molecule has 0 bridgehead atoms. The highest BCUT2D eigenvalue weighted by molar-refractivity contribution is 9.11. The molecule has 1 aliphatic rings. The van der Waals surface area contributed by atoms with Crippen molar-refractivity contribution in [3.63, 3.8) is 0 Å². The number of hydrogen-bond acceptors (Lipinski definition) is 4. The number of amides is 1. The van der Waals surface area contributed by atoms with Crippen LogP contribution < -0.4 is 11.1 Å². The number of benzene rings is 1. The Bertz CT molecular complexity index is 636. The lowest BCUT2D eigenvalue weighted by molar-refractivity contribution is -0.122. The van der Waals surface area contributed by atoms with Crippen LogP contribution in [0.15, 0.2) is 32.0 Å². The monoisotopic (exact) mass is 425 g/mol. The van der Waals surface area contributed by atoms with Gasteiger partial charge in [0.15, 0.2) is 0 Å². The predicted octanol–water partition coefficient (Wildman–Crippen LogP) is 0.659. The minimum absolute atomic E-state index is 0.111. The van der Waals surface area contributed by atoms with E-state index >= 15 is 0 Å². The molecule has 3 N–H and O–H groups in total. The van der Waals surface area contributed by atoms with E-state index in [0.29, 0.717) is 15.5 Å². The van der Waals surface area contributed by atoms with Crippen LogP contribution in [0.2, 0.25) is 0 Å². The van der Waals surface area contributed by atoms with E-state index in [-0.39, 0.29) is 18.0 Å². The van der Waals surface area contributed by atoms with Gasteiger partial charge in [-0.25, -0.2) is 8.42 Å². The predicted molar refractivity (Wildman–Crippen MR) is 81.6 cm³/mol. The maximum Gasteiger partial charge on any atom is 0.245 e. The first kappa shape index (κ1) is 15.9. The first-order chi connectivity index (χ1) is 9.34. The Labute approximate surface area is 134 Å². The average Bonchev–Trinajstić information content (AvgIpc) is 2.41. The van der Waals surface area contributed by atoms with Crippen LogP contribution in [0.25, 0.3) is 0 Å². The molecule has 6 nitrogen and oxygen atoms in total. The maximum absolute atomic E-state index is 12.7. The number of hydrogen-bond donors (Lipinski definition) is 2. The highest BCUT2D eigenvalue weighted by atomic mass is 79.9. The van der Waals surface area contributed by atoms with Gasteiger partial charge in [-0.1, -0.05) is 15.9 Å². The summed E-state index contributed by atoms with van der Waals surface area (Å²) in [4.78, 5) is 11.6. The van der Waals surface area contributed by atoms with Crippen LogP contribution >= 0.6 is 31.9 Å². The lowest BCUT2D eigenvalue weighted by Gasteiger charge is -2.33. The third kappa shape index (κ3) is 3.06. The highest BCUT2D eigenvalue weighted by Gasteiger charge is 2.37. The molecule has 9 heteroatoms. The summed E-state index contributed by atoms with van der Waals surface area (Å²) in [7, 11) is -3.79. The average molecular weight is 427 g/mol. The third-order valence-corrected chi connectivity index (χ3v) is 6.40. The molecule has 1 amide bonds. The van der Waals surface area contributed by atoms with Crippen LogP contribution in [0.3, 0.4) is 0 Å². The fraction of sp³-hybridized carbons (Fsp3) is 0.364. The molecule has 1 aliphatic heterocycles. The van der Waals surface area contributed by atoms with E-state index < -0.39 is 22.0 Å². The lowest BCUT2D eigenvalue weighted by atomic mass is 10.2. The number of rotatable bonds is 3. The molecular weight excluding hydrogens is 414 g/mol. The molecule has 1 atom stereocenters. The molecule has 1 aromatic rings. The second-order valence-corrected chi connectivity index (χ2v) is 7.94. The lowest BCUT2D eigenvalue weighted by Crippen LogP contribution is -2.58. The zero-order chi connectivity index (χ0) is 14.9.